The van der Waals surface area contributed by atoms with E-state index in [-0.39, 0.29) is 17.8 Å². The van der Waals surface area contributed by atoms with E-state index in [1.54, 1.807) is 16.6 Å². The third-order valence-corrected chi connectivity index (χ3v) is 4.67. The molecule has 7 heteroatoms. The van der Waals surface area contributed by atoms with E-state index >= 15 is 0 Å². The normalized spacial score (nSPS) is 18.9. The summed E-state index contributed by atoms with van der Waals surface area (Å²) in [6.45, 7) is 0.961. The lowest BCUT2D eigenvalue weighted by Gasteiger charge is -2.31. The number of rotatable bonds is 2. The van der Waals surface area contributed by atoms with Crippen molar-refractivity contribution in [1.29, 1.82) is 0 Å². The minimum Gasteiger partial charge on any atom is -0.476 e. The molecule has 1 aliphatic heterocycles. The minimum absolute atomic E-state index is 0.0457. The third-order valence-electron chi connectivity index (χ3n) is 4.67. The van der Waals surface area contributed by atoms with Crippen molar-refractivity contribution in [2.45, 2.75) is 51.1 Å². The molecule has 0 atom stereocenters. The van der Waals surface area contributed by atoms with Crippen LogP contribution in [-0.2, 0) is 20.0 Å². The highest BCUT2D eigenvalue weighted by Crippen LogP contribution is 2.23. The molecule has 2 amide bonds. The molecule has 0 radical (unpaired) electrons. The van der Waals surface area contributed by atoms with Gasteiger partial charge in [0.25, 0.3) is 0 Å². The predicted octanol–water partition coefficient (Wildman–Crippen LogP) is 1.52. The smallest absolute Gasteiger partial charge is 0.356 e. The van der Waals surface area contributed by atoms with Crippen LogP contribution in [-0.4, -0.2) is 44.4 Å². The van der Waals surface area contributed by atoms with E-state index in [9.17, 15) is 14.7 Å². The van der Waals surface area contributed by atoms with Gasteiger partial charge in [-0.2, -0.15) is 5.10 Å². The van der Waals surface area contributed by atoms with Crippen molar-refractivity contribution >= 4 is 12.0 Å². The number of hydrogen-bond acceptors (Lipinski definition) is 3. The number of urea groups is 1. The van der Waals surface area contributed by atoms with Gasteiger partial charge in [-0.05, 0) is 19.3 Å². The number of hydrogen-bond donors (Lipinski definition) is 2. The van der Waals surface area contributed by atoms with E-state index in [0.29, 0.717) is 19.5 Å². The van der Waals surface area contributed by atoms with Crippen LogP contribution in [0.3, 0.4) is 0 Å². The van der Waals surface area contributed by atoms with E-state index in [2.05, 4.69) is 10.4 Å². The molecule has 0 saturated heterocycles. The number of nitrogens with one attached hydrogen (secondary N) is 1. The van der Waals surface area contributed by atoms with Gasteiger partial charge in [0.2, 0.25) is 0 Å². The summed E-state index contributed by atoms with van der Waals surface area (Å²) in [5.41, 5.74) is 1.70. The summed E-state index contributed by atoms with van der Waals surface area (Å²) in [7, 11) is 1.73. The number of aromatic nitrogens is 2. The Morgan fingerprint density at radius 3 is 2.68 bits per heavy atom. The zero-order valence-electron chi connectivity index (χ0n) is 12.8. The minimum atomic E-state index is -1.00. The average Bonchev–Trinajstić information content (AvgIpc) is 2.85. The van der Waals surface area contributed by atoms with Crippen molar-refractivity contribution in [2.24, 2.45) is 7.05 Å². The van der Waals surface area contributed by atoms with Crippen LogP contribution >= 0.6 is 0 Å². The lowest BCUT2D eigenvalue weighted by molar-refractivity contribution is 0.0688. The van der Waals surface area contributed by atoms with Gasteiger partial charge in [-0.3, -0.25) is 4.68 Å². The number of carbonyl (C=O) groups excluding carboxylic acids is 1. The molecule has 2 aliphatic rings. The highest BCUT2D eigenvalue weighted by molar-refractivity contribution is 5.87. The molecule has 1 fully saturated rings. The monoisotopic (exact) mass is 306 g/mol. The third kappa shape index (κ3) is 2.80. The summed E-state index contributed by atoms with van der Waals surface area (Å²) >= 11 is 0. The molecule has 1 aromatic rings. The van der Waals surface area contributed by atoms with Crippen molar-refractivity contribution in [3.8, 4) is 0 Å². The Morgan fingerprint density at radius 2 is 2.00 bits per heavy atom. The molecule has 0 aromatic carbocycles. The Hall–Kier alpha value is -2.05. The molecule has 120 valence electrons. The van der Waals surface area contributed by atoms with E-state index < -0.39 is 5.97 Å². The molecule has 1 aromatic heterocycles. The maximum absolute atomic E-state index is 12.4. The molecular weight excluding hydrogens is 284 g/mol. The number of aryl methyl sites for hydroxylation is 1. The summed E-state index contributed by atoms with van der Waals surface area (Å²) in [4.78, 5) is 25.3. The second-order valence-electron chi connectivity index (χ2n) is 6.16. The van der Waals surface area contributed by atoms with Gasteiger partial charge >= 0.3 is 12.0 Å². The van der Waals surface area contributed by atoms with Gasteiger partial charge in [0, 0.05) is 25.2 Å². The quantitative estimate of drug-likeness (QED) is 0.867. The highest BCUT2D eigenvalue weighted by Gasteiger charge is 2.29. The Bertz CT molecular complexity index is 590. The van der Waals surface area contributed by atoms with E-state index in [1.165, 1.54) is 19.3 Å². The van der Waals surface area contributed by atoms with Crippen LogP contribution in [0.4, 0.5) is 4.79 Å². The van der Waals surface area contributed by atoms with E-state index in [4.69, 9.17) is 0 Å². The maximum Gasteiger partial charge on any atom is 0.356 e. The Kier molecular flexibility index (Phi) is 4.04. The van der Waals surface area contributed by atoms with Crippen molar-refractivity contribution in [3.05, 3.63) is 17.0 Å². The van der Waals surface area contributed by atoms with Crippen LogP contribution in [0.15, 0.2) is 0 Å². The number of aromatic carboxylic acids is 1. The van der Waals surface area contributed by atoms with E-state index in [1.807, 2.05) is 0 Å². The molecule has 2 heterocycles. The largest absolute Gasteiger partial charge is 0.476 e. The van der Waals surface area contributed by atoms with Gasteiger partial charge in [-0.15, -0.1) is 0 Å². The fraction of sp³-hybridized carbons (Fsp3) is 0.667. The zero-order valence-corrected chi connectivity index (χ0v) is 12.8. The van der Waals surface area contributed by atoms with Crippen molar-refractivity contribution < 1.29 is 14.7 Å². The van der Waals surface area contributed by atoms with Crippen LogP contribution in [0.5, 0.6) is 0 Å². The average molecular weight is 306 g/mol. The molecule has 0 spiro atoms. The SMILES string of the molecule is Cn1nc(C(=O)O)c2c1CN(C(=O)NC1CCCCC1)CC2. The number of carbonyl (C=O) groups is 2. The maximum atomic E-state index is 12.4. The number of carboxylic acids is 1. The number of nitrogens with zero attached hydrogens (tertiary/aromatic N) is 3. The topological polar surface area (TPSA) is 87.5 Å². The fourth-order valence-corrected chi connectivity index (χ4v) is 3.43. The van der Waals surface area contributed by atoms with Crippen LogP contribution in [0.2, 0.25) is 0 Å². The van der Waals surface area contributed by atoms with Crippen LogP contribution in [0.25, 0.3) is 0 Å². The molecule has 1 saturated carbocycles. The first-order chi connectivity index (χ1) is 10.6. The second kappa shape index (κ2) is 5.98. The zero-order chi connectivity index (χ0) is 15.7. The van der Waals surface area contributed by atoms with Gasteiger partial charge in [0.1, 0.15) is 0 Å². The first kappa shape index (κ1) is 14.9. The van der Waals surface area contributed by atoms with Crippen molar-refractivity contribution in [2.75, 3.05) is 6.54 Å². The lowest BCUT2D eigenvalue weighted by Crippen LogP contribution is -2.47. The lowest BCUT2D eigenvalue weighted by atomic mass is 9.95. The van der Waals surface area contributed by atoms with Crippen molar-refractivity contribution in [3.63, 3.8) is 0 Å². The standard InChI is InChI=1S/C15H22N4O3/c1-18-12-9-19(8-7-11(12)13(17-18)14(20)21)15(22)16-10-5-3-2-4-6-10/h10H,2-9H2,1H3,(H,16,22)(H,20,21). The first-order valence-electron chi connectivity index (χ1n) is 7.89. The van der Waals surface area contributed by atoms with E-state index in [0.717, 1.165) is 24.1 Å². The Morgan fingerprint density at radius 1 is 1.27 bits per heavy atom. The fourth-order valence-electron chi connectivity index (χ4n) is 3.43. The van der Waals surface area contributed by atoms with Crippen LogP contribution in [0.1, 0.15) is 53.8 Å². The molecule has 1 aliphatic carbocycles. The summed E-state index contributed by atoms with van der Waals surface area (Å²) in [6.07, 6.45) is 6.27. The van der Waals surface area contributed by atoms with Gasteiger partial charge in [0.05, 0.1) is 12.2 Å². The molecular formula is C15H22N4O3. The number of fused-ring (bicyclic) bond motifs is 1. The molecule has 7 nitrogen and oxygen atoms in total. The summed E-state index contributed by atoms with van der Waals surface area (Å²) in [5, 5.41) is 16.3. The van der Waals surface area contributed by atoms with Crippen LogP contribution in [0, 0.1) is 0 Å². The summed E-state index contributed by atoms with van der Waals surface area (Å²) < 4.78 is 1.58. The molecule has 0 bridgehead atoms. The van der Waals surface area contributed by atoms with Gasteiger partial charge in [0.15, 0.2) is 5.69 Å². The molecule has 22 heavy (non-hydrogen) atoms. The highest BCUT2D eigenvalue weighted by atomic mass is 16.4. The van der Waals surface area contributed by atoms with Gasteiger partial charge in [-0.25, -0.2) is 9.59 Å². The molecule has 3 rings (SSSR count). The van der Waals surface area contributed by atoms with Crippen molar-refractivity contribution in [1.82, 2.24) is 20.0 Å². The summed E-state index contributed by atoms with van der Waals surface area (Å²) in [6, 6.07) is 0.236. The van der Waals surface area contributed by atoms with Crippen LogP contribution < -0.4 is 5.32 Å². The Labute approximate surface area is 129 Å². The van der Waals surface area contributed by atoms with Gasteiger partial charge in [-0.1, -0.05) is 19.3 Å². The Balaban J connectivity index is 1.68. The molecule has 2 N–H and O–H groups in total. The summed E-state index contributed by atoms with van der Waals surface area (Å²) in [5.74, 6) is -1.00. The molecule has 0 unspecified atom stereocenters. The second-order valence-corrected chi connectivity index (χ2v) is 6.16. The number of amides is 2. The first-order valence-corrected chi connectivity index (χ1v) is 7.89. The van der Waals surface area contributed by atoms with Gasteiger partial charge < -0.3 is 15.3 Å². The number of carboxylic acid groups (broad SMARTS) is 1. The predicted molar refractivity (Wildman–Crippen MR) is 79.7 cm³/mol.